The number of aromatic nitrogens is 2. The van der Waals surface area contributed by atoms with Crippen LogP contribution in [-0.2, 0) is 14.1 Å². The number of rotatable bonds is 0. The molecule has 0 atom stereocenters. The molecule has 0 aromatic carbocycles. The molecule has 0 aliphatic heterocycles. The van der Waals surface area contributed by atoms with Crippen LogP contribution in [0.25, 0.3) is 0 Å². The minimum absolute atomic E-state index is 0. The van der Waals surface area contributed by atoms with Crippen LogP contribution in [-0.4, -0.2) is 4.57 Å². The van der Waals surface area contributed by atoms with Crippen molar-refractivity contribution in [3.63, 3.8) is 0 Å². The third kappa shape index (κ3) is 1.54. The van der Waals surface area contributed by atoms with Crippen molar-refractivity contribution in [3.8, 4) is 0 Å². The van der Waals surface area contributed by atoms with Crippen molar-refractivity contribution in [1.29, 1.82) is 0 Å². The fraction of sp³-hybridized carbons (Fsp3) is 0.400. The van der Waals surface area contributed by atoms with Gasteiger partial charge in [0.05, 0.1) is 26.5 Å². The predicted molar refractivity (Wildman–Crippen MR) is 29.4 cm³/mol. The number of hydrogen-bond acceptors (Lipinski definition) is 0. The number of hydrogen-bond donors (Lipinski definition) is 0. The molecule has 46 valence electrons. The summed E-state index contributed by atoms with van der Waals surface area (Å²) in [6.07, 6.45) is 6.00. The van der Waals surface area contributed by atoms with Gasteiger partial charge in [0.25, 0.3) is 0 Å². The second-order valence-electron chi connectivity index (χ2n) is 1.74. The van der Waals surface area contributed by atoms with E-state index >= 15 is 0 Å². The fourth-order valence-electron chi connectivity index (χ4n) is 0.575. The van der Waals surface area contributed by atoms with E-state index in [9.17, 15) is 0 Å². The van der Waals surface area contributed by atoms with Gasteiger partial charge in [-0.25, -0.2) is 9.13 Å². The molecule has 0 fully saturated rings. The zero-order valence-electron chi connectivity index (χ0n) is 5.07. The Morgan fingerprint density at radius 3 is 2.25 bits per heavy atom. The van der Waals surface area contributed by atoms with E-state index in [1.165, 1.54) is 0 Å². The molecule has 0 saturated carbocycles. The predicted octanol–water partition coefficient (Wildman–Crippen LogP) is -0.686. The molecule has 0 unspecified atom stereocenters. The first-order valence-electron chi connectivity index (χ1n) is 2.26. The molecule has 0 aliphatic carbocycles. The Bertz CT molecular complexity index is 143. The number of halogens is 1. The summed E-state index contributed by atoms with van der Waals surface area (Å²) in [6, 6.07) is 0. The first-order chi connectivity index (χ1) is 3.29. The van der Waals surface area contributed by atoms with Crippen LogP contribution in [0, 0.1) is 12.4 Å². The lowest BCUT2D eigenvalue weighted by Gasteiger charge is -1.72. The van der Waals surface area contributed by atoms with Gasteiger partial charge in [-0.3, -0.25) is 0 Å². The largest absolute Gasteiger partial charge is 0.243 e. The van der Waals surface area contributed by atoms with Gasteiger partial charge in [0.2, 0.25) is 6.33 Å². The molecule has 1 aromatic rings. The van der Waals surface area contributed by atoms with Gasteiger partial charge in [0, 0.05) is 0 Å². The van der Waals surface area contributed by atoms with Gasteiger partial charge in [-0.15, -0.1) is 0 Å². The molecule has 0 radical (unpaired) electrons. The van der Waals surface area contributed by atoms with Crippen LogP contribution < -0.4 is 4.57 Å². The highest BCUT2D eigenvalue weighted by Gasteiger charge is 1.87. The van der Waals surface area contributed by atoms with Crippen molar-refractivity contribution in [2.45, 2.75) is 0 Å². The average molecular weight is 135 g/mol. The zero-order chi connectivity index (χ0) is 5.28. The molecule has 1 aromatic heterocycles. The van der Waals surface area contributed by atoms with Crippen molar-refractivity contribution in [2.24, 2.45) is 14.1 Å². The van der Waals surface area contributed by atoms with Gasteiger partial charge in [-0.2, -0.15) is 0 Å². The third-order valence-corrected chi connectivity index (χ3v) is 0.901. The lowest BCUT2D eigenvalue weighted by atomic mass is 10.9. The molecular weight excluding hydrogens is 124 g/mol. The van der Waals surface area contributed by atoms with Gasteiger partial charge in [-0.05, 0) is 0 Å². The summed E-state index contributed by atoms with van der Waals surface area (Å²) in [5.41, 5.74) is 0. The topological polar surface area (TPSA) is 8.81 Å². The Morgan fingerprint density at radius 1 is 1.50 bits per heavy atom. The highest BCUT2D eigenvalue weighted by molar-refractivity contribution is 4.60. The van der Waals surface area contributed by atoms with Crippen LogP contribution in [0.1, 0.15) is 0 Å². The van der Waals surface area contributed by atoms with Crippen LogP contribution in [0.15, 0.2) is 18.7 Å². The van der Waals surface area contributed by atoms with E-state index in [1.54, 1.807) is 0 Å². The van der Waals surface area contributed by atoms with Crippen molar-refractivity contribution in [2.75, 3.05) is 0 Å². The minimum Gasteiger partial charge on any atom is -0.240 e. The van der Waals surface area contributed by atoms with Gasteiger partial charge in [0.1, 0.15) is 12.4 Å². The summed E-state index contributed by atoms with van der Waals surface area (Å²) in [7, 11) is 4.00. The molecule has 0 aliphatic rings. The Hall–Kier alpha value is -0.500. The number of nitrogens with zero attached hydrogens (tertiary/aromatic N) is 2. The summed E-state index contributed by atoms with van der Waals surface area (Å²) in [5, 5.41) is 0. The maximum absolute atomic E-state index is 2.00. The molecule has 3 heteroatoms. The molecule has 0 bridgehead atoms. The molecule has 2 nitrogen and oxygen atoms in total. The molecule has 1 heterocycles. The quantitative estimate of drug-likeness (QED) is 0.416. The summed E-state index contributed by atoms with van der Waals surface area (Å²) < 4.78 is 4.00. The molecule has 1 rings (SSSR count). The fourth-order valence-corrected chi connectivity index (χ4v) is 0.575. The Kier molecular flexibility index (Phi) is 2.55. The van der Waals surface area contributed by atoms with E-state index in [1.807, 2.05) is 42.0 Å². The smallest absolute Gasteiger partial charge is 0.240 e. The van der Waals surface area contributed by atoms with Crippen LogP contribution in [0.3, 0.4) is 0 Å². The standard InChI is InChI=1S/C5H9N2.ClH2/c1-6-3-4-7(2)5-6;/h3-5H,1-2H3;1H2/q2*+1. The summed E-state index contributed by atoms with van der Waals surface area (Å²) in [5.74, 6) is 0. The highest BCUT2D eigenvalue weighted by atomic mass is 35.5. The van der Waals surface area contributed by atoms with Crippen molar-refractivity contribution < 1.29 is 17.0 Å². The van der Waals surface area contributed by atoms with Crippen molar-refractivity contribution in [1.82, 2.24) is 4.57 Å². The van der Waals surface area contributed by atoms with Gasteiger partial charge >= 0.3 is 0 Å². The average Bonchev–Trinajstić information content (AvgIpc) is 1.87. The summed E-state index contributed by atoms with van der Waals surface area (Å²) in [6.45, 7) is 0. The van der Waals surface area contributed by atoms with E-state index in [-0.39, 0.29) is 12.4 Å². The minimum atomic E-state index is 0. The van der Waals surface area contributed by atoms with Crippen LogP contribution in [0.5, 0.6) is 0 Å². The lowest BCUT2D eigenvalue weighted by Crippen LogP contribution is -2.23. The Morgan fingerprint density at radius 2 is 2.12 bits per heavy atom. The first kappa shape index (κ1) is 7.50. The number of imidazole rings is 1. The second-order valence-corrected chi connectivity index (χ2v) is 1.74. The molecule has 0 amide bonds. The Balaban J connectivity index is 0.000000490. The number of aryl methyl sites for hydroxylation is 2. The first-order valence-corrected chi connectivity index (χ1v) is 2.26. The van der Waals surface area contributed by atoms with Crippen LogP contribution >= 0.6 is 0 Å². The van der Waals surface area contributed by atoms with E-state index in [0.29, 0.717) is 0 Å². The molecular formula is C5H11ClN2+2. The van der Waals surface area contributed by atoms with E-state index in [0.717, 1.165) is 0 Å². The molecule has 0 N–H and O–H groups in total. The SMILES string of the molecule is Cn1cc[n+](C)c1.[ClH2+]. The van der Waals surface area contributed by atoms with Gasteiger partial charge < -0.3 is 0 Å². The van der Waals surface area contributed by atoms with Crippen LogP contribution in [0.4, 0.5) is 0 Å². The van der Waals surface area contributed by atoms with E-state index in [4.69, 9.17) is 0 Å². The summed E-state index contributed by atoms with van der Waals surface area (Å²) in [4.78, 5) is 0. The monoisotopic (exact) mass is 134 g/mol. The lowest BCUT2D eigenvalue weighted by molar-refractivity contribution is -0.670. The maximum atomic E-state index is 2.00. The van der Waals surface area contributed by atoms with Crippen molar-refractivity contribution in [3.05, 3.63) is 18.7 Å². The van der Waals surface area contributed by atoms with E-state index in [2.05, 4.69) is 0 Å². The van der Waals surface area contributed by atoms with Gasteiger partial charge in [0.15, 0.2) is 0 Å². The Labute approximate surface area is 55.2 Å². The van der Waals surface area contributed by atoms with Gasteiger partial charge in [-0.1, -0.05) is 0 Å². The van der Waals surface area contributed by atoms with E-state index < -0.39 is 0 Å². The normalized spacial score (nSPS) is 8.25. The molecule has 0 saturated heterocycles. The second kappa shape index (κ2) is 2.72. The van der Waals surface area contributed by atoms with Crippen LogP contribution in [0.2, 0.25) is 0 Å². The third-order valence-electron chi connectivity index (χ3n) is 0.901. The molecule has 0 spiro atoms. The highest BCUT2D eigenvalue weighted by Crippen LogP contribution is 1.70. The van der Waals surface area contributed by atoms with Crippen molar-refractivity contribution >= 4 is 0 Å². The maximum Gasteiger partial charge on any atom is 0.243 e. The summed E-state index contributed by atoms with van der Waals surface area (Å²) >= 11 is 0. The zero-order valence-corrected chi connectivity index (χ0v) is 5.97. The molecule has 8 heavy (non-hydrogen) atoms.